The molecule has 2 aromatic rings. The molecule has 2 aromatic carbocycles. The second-order valence-corrected chi connectivity index (χ2v) is 6.08. The summed E-state index contributed by atoms with van der Waals surface area (Å²) in [6.45, 7) is 8.14. The van der Waals surface area contributed by atoms with Crippen LogP contribution in [-0.4, -0.2) is 6.54 Å². The lowest BCUT2D eigenvalue weighted by Gasteiger charge is -2.14. The highest BCUT2D eigenvalue weighted by atomic mass is 35.5. The average molecular weight is 304 g/mol. The van der Waals surface area contributed by atoms with Gasteiger partial charge in [-0.1, -0.05) is 43.6 Å². The van der Waals surface area contributed by atoms with Gasteiger partial charge in [0.1, 0.15) is 11.5 Å². The van der Waals surface area contributed by atoms with Gasteiger partial charge in [0.15, 0.2) is 0 Å². The Hall–Kier alpha value is -1.51. The molecule has 0 amide bonds. The Morgan fingerprint density at radius 2 is 1.86 bits per heavy atom. The van der Waals surface area contributed by atoms with Crippen molar-refractivity contribution in [1.82, 2.24) is 5.32 Å². The second-order valence-electron chi connectivity index (χ2n) is 5.64. The summed E-state index contributed by atoms with van der Waals surface area (Å²) < 4.78 is 6.05. The molecule has 1 N–H and O–H groups in total. The molecular formula is C18H22ClNO. The number of benzene rings is 2. The fourth-order valence-corrected chi connectivity index (χ4v) is 2.27. The first kappa shape index (κ1) is 15.9. The summed E-state index contributed by atoms with van der Waals surface area (Å²) in [5, 5.41) is 4.16. The van der Waals surface area contributed by atoms with Crippen LogP contribution in [0.2, 0.25) is 5.02 Å². The molecule has 0 heterocycles. The van der Waals surface area contributed by atoms with Gasteiger partial charge in [0.2, 0.25) is 0 Å². The molecule has 0 saturated heterocycles. The smallest absolute Gasteiger partial charge is 0.132 e. The minimum absolute atomic E-state index is 0.616. The van der Waals surface area contributed by atoms with Crippen LogP contribution in [-0.2, 0) is 6.54 Å². The molecular weight excluding hydrogens is 282 g/mol. The number of halogens is 1. The zero-order valence-electron chi connectivity index (χ0n) is 12.8. The number of ether oxygens (including phenoxy) is 1. The van der Waals surface area contributed by atoms with Gasteiger partial charge in [0.05, 0.1) is 0 Å². The number of nitrogens with one attached hydrogen (secondary N) is 1. The third-order valence-corrected chi connectivity index (χ3v) is 3.44. The summed E-state index contributed by atoms with van der Waals surface area (Å²) in [6.07, 6.45) is 0. The van der Waals surface area contributed by atoms with E-state index < -0.39 is 0 Å². The number of hydrogen-bond acceptors (Lipinski definition) is 2. The summed E-state index contributed by atoms with van der Waals surface area (Å²) in [5.41, 5.74) is 2.19. The van der Waals surface area contributed by atoms with Crippen LogP contribution in [0.4, 0.5) is 0 Å². The van der Waals surface area contributed by atoms with E-state index in [0.717, 1.165) is 40.7 Å². The minimum atomic E-state index is 0.616. The lowest BCUT2D eigenvalue weighted by Crippen LogP contribution is -2.19. The molecule has 2 nitrogen and oxygen atoms in total. The van der Waals surface area contributed by atoms with Crippen LogP contribution in [0.25, 0.3) is 0 Å². The molecule has 0 spiro atoms. The van der Waals surface area contributed by atoms with Crippen LogP contribution in [0.5, 0.6) is 11.5 Å². The van der Waals surface area contributed by atoms with Gasteiger partial charge >= 0.3 is 0 Å². The van der Waals surface area contributed by atoms with Crippen LogP contribution >= 0.6 is 11.6 Å². The standard InChI is InChI=1S/C18H22ClNO/c1-13(2)11-20-12-15-10-16(19)8-9-18(15)21-17-7-5-4-6-14(17)3/h4-10,13,20H,11-12H2,1-3H3. The first-order chi connectivity index (χ1) is 10.1. The number of aryl methyl sites for hydroxylation is 1. The molecule has 0 bridgehead atoms. The molecule has 0 aliphatic rings. The van der Waals surface area contributed by atoms with Crippen LogP contribution in [0.3, 0.4) is 0 Å². The third kappa shape index (κ3) is 4.76. The van der Waals surface area contributed by atoms with Gasteiger partial charge in [0.25, 0.3) is 0 Å². The van der Waals surface area contributed by atoms with Crippen molar-refractivity contribution in [2.45, 2.75) is 27.3 Å². The zero-order valence-corrected chi connectivity index (χ0v) is 13.6. The van der Waals surface area contributed by atoms with Crippen molar-refractivity contribution in [2.75, 3.05) is 6.54 Å². The van der Waals surface area contributed by atoms with Gasteiger partial charge in [-0.15, -0.1) is 0 Å². The van der Waals surface area contributed by atoms with Crippen molar-refractivity contribution in [1.29, 1.82) is 0 Å². The van der Waals surface area contributed by atoms with E-state index in [-0.39, 0.29) is 0 Å². The predicted molar refractivity (Wildman–Crippen MR) is 89.2 cm³/mol. The maximum Gasteiger partial charge on any atom is 0.132 e. The van der Waals surface area contributed by atoms with Gasteiger partial charge < -0.3 is 10.1 Å². The number of para-hydroxylation sites is 1. The molecule has 0 atom stereocenters. The van der Waals surface area contributed by atoms with E-state index in [1.54, 1.807) is 0 Å². The summed E-state index contributed by atoms with van der Waals surface area (Å²) in [7, 11) is 0. The monoisotopic (exact) mass is 303 g/mol. The Morgan fingerprint density at radius 3 is 2.57 bits per heavy atom. The van der Waals surface area contributed by atoms with Crippen LogP contribution < -0.4 is 10.1 Å². The lowest BCUT2D eigenvalue weighted by molar-refractivity contribution is 0.466. The Morgan fingerprint density at radius 1 is 1.10 bits per heavy atom. The van der Waals surface area contributed by atoms with Crippen LogP contribution in [0, 0.1) is 12.8 Å². The van der Waals surface area contributed by atoms with E-state index in [2.05, 4.69) is 19.2 Å². The molecule has 21 heavy (non-hydrogen) atoms. The molecule has 0 unspecified atom stereocenters. The van der Waals surface area contributed by atoms with Crippen molar-refractivity contribution < 1.29 is 4.74 Å². The van der Waals surface area contributed by atoms with Gasteiger partial charge in [-0.25, -0.2) is 0 Å². The molecule has 0 fully saturated rings. The number of rotatable bonds is 6. The molecule has 0 aromatic heterocycles. The fraction of sp³-hybridized carbons (Fsp3) is 0.333. The molecule has 0 saturated carbocycles. The molecule has 112 valence electrons. The van der Waals surface area contributed by atoms with Crippen LogP contribution in [0.15, 0.2) is 42.5 Å². The van der Waals surface area contributed by atoms with E-state index in [0.29, 0.717) is 5.92 Å². The average Bonchev–Trinajstić information content (AvgIpc) is 2.43. The van der Waals surface area contributed by atoms with E-state index in [4.69, 9.17) is 16.3 Å². The molecule has 2 rings (SSSR count). The fourth-order valence-electron chi connectivity index (χ4n) is 2.07. The van der Waals surface area contributed by atoms with Gasteiger partial charge in [-0.3, -0.25) is 0 Å². The molecule has 3 heteroatoms. The van der Waals surface area contributed by atoms with Gasteiger partial charge in [-0.05, 0) is 49.2 Å². The van der Waals surface area contributed by atoms with Gasteiger partial charge in [0, 0.05) is 17.1 Å². The van der Waals surface area contributed by atoms with E-state index in [9.17, 15) is 0 Å². The van der Waals surface area contributed by atoms with E-state index in [1.165, 1.54) is 0 Å². The summed E-state index contributed by atoms with van der Waals surface area (Å²) in [5.74, 6) is 2.35. The minimum Gasteiger partial charge on any atom is -0.457 e. The van der Waals surface area contributed by atoms with Crippen LogP contribution in [0.1, 0.15) is 25.0 Å². The zero-order chi connectivity index (χ0) is 15.2. The van der Waals surface area contributed by atoms with E-state index >= 15 is 0 Å². The van der Waals surface area contributed by atoms with Gasteiger partial charge in [-0.2, -0.15) is 0 Å². The second kappa shape index (κ2) is 7.48. The third-order valence-electron chi connectivity index (χ3n) is 3.20. The molecule has 0 aliphatic heterocycles. The Balaban J connectivity index is 2.16. The summed E-state index contributed by atoms with van der Waals surface area (Å²) in [6, 6.07) is 13.8. The molecule has 0 aliphatic carbocycles. The Bertz CT molecular complexity index is 596. The lowest BCUT2D eigenvalue weighted by atomic mass is 10.1. The van der Waals surface area contributed by atoms with Crippen molar-refractivity contribution in [3.63, 3.8) is 0 Å². The summed E-state index contributed by atoms with van der Waals surface area (Å²) >= 11 is 6.11. The highest BCUT2D eigenvalue weighted by molar-refractivity contribution is 6.30. The normalized spacial score (nSPS) is 10.9. The highest BCUT2D eigenvalue weighted by Crippen LogP contribution is 2.29. The van der Waals surface area contributed by atoms with E-state index in [1.807, 2.05) is 49.4 Å². The largest absolute Gasteiger partial charge is 0.457 e. The topological polar surface area (TPSA) is 21.3 Å². The summed E-state index contributed by atoms with van der Waals surface area (Å²) in [4.78, 5) is 0. The first-order valence-corrected chi connectivity index (χ1v) is 7.66. The highest BCUT2D eigenvalue weighted by Gasteiger charge is 2.08. The predicted octanol–water partition coefficient (Wildman–Crippen LogP) is 5.19. The van der Waals surface area contributed by atoms with Crippen molar-refractivity contribution >= 4 is 11.6 Å². The maximum absolute atomic E-state index is 6.11. The first-order valence-electron chi connectivity index (χ1n) is 7.29. The van der Waals surface area contributed by atoms with Crippen molar-refractivity contribution in [2.24, 2.45) is 5.92 Å². The van der Waals surface area contributed by atoms with Crippen molar-refractivity contribution in [3.05, 3.63) is 58.6 Å². The molecule has 0 radical (unpaired) electrons. The maximum atomic E-state index is 6.11. The van der Waals surface area contributed by atoms with Crippen molar-refractivity contribution in [3.8, 4) is 11.5 Å². The Labute approximate surface area is 132 Å². The SMILES string of the molecule is Cc1ccccc1Oc1ccc(Cl)cc1CNCC(C)C. The number of hydrogen-bond donors (Lipinski definition) is 1. The quantitative estimate of drug-likeness (QED) is 0.793. The Kier molecular flexibility index (Phi) is 5.66.